The summed E-state index contributed by atoms with van der Waals surface area (Å²) >= 11 is 0. The Kier molecular flexibility index (Phi) is 1.86. The number of hydrogen-bond acceptors (Lipinski definition) is 2. The molecule has 2 nitrogen and oxygen atoms in total. The van der Waals surface area contributed by atoms with Gasteiger partial charge in [-0.15, -0.1) is 0 Å². The van der Waals surface area contributed by atoms with Crippen LogP contribution >= 0.6 is 0 Å². The van der Waals surface area contributed by atoms with E-state index in [2.05, 4.69) is 16.8 Å². The highest BCUT2D eigenvalue weighted by atomic mass is 15.1. The van der Waals surface area contributed by atoms with Crippen LogP contribution in [0.5, 0.6) is 0 Å². The molecule has 0 aromatic rings. The van der Waals surface area contributed by atoms with E-state index in [1.54, 1.807) is 0 Å². The summed E-state index contributed by atoms with van der Waals surface area (Å²) in [7, 11) is 0. The van der Waals surface area contributed by atoms with Crippen molar-refractivity contribution in [2.24, 2.45) is 11.8 Å². The Morgan fingerprint density at radius 1 is 1.36 bits per heavy atom. The van der Waals surface area contributed by atoms with Gasteiger partial charge < -0.3 is 10.2 Å². The van der Waals surface area contributed by atoms with Crippen molar-refractivity contribution < 1.29 is 0 Å². The first-order valence-corrected chi connectivity index (χ1v) is 4.47. The number of nitrogens with one attached hydrogen (secondary N) is 1. The molecule has 2 atom stereocenters. The lowest BCUT2D eigenvalue weighted by Crippen LogP contribution is -2.35. The summed E-state index contributed by atoms with van der Waals surface area (Å²) < 4.78 is 0. The zero-order valence-electron chi connectivity index (χ0n) is 6.92. The number of nitrogens with zero attached hydrogens (tertiary/aromatic N) is 1. The van der Waals surface area contributed by atoms with E-state index in [4.69, 9.17) is 0 Å². The monoisotopic (exact) mass is 152 g/mol. The molecule has 0 aliphatic carbocycles. The second-order valence-electron chi connectivity index (χ2n) is 3.65. The van der Waals surface area contributed by atoms with Crippen LogP contribution in [0.25, 0.3) is 0 Å². The molecule has 0 aromatic carbocycles. The third-order valence-electron chi connectivity index (χ3n) is 2.96. The summed E-state index contributed by atoms with van der Waals surface area (Å²) in [5, 5.41) is 3.44. The van der Waals surface area contributed by atoms with E-state index in [0.717, 1.165) is 11.8 Å². The van der Waals surface area contributed by atoms with Crippen molar-refractivity contribution in [1.82, 2.24) is 10.2 Å². The van der Waals surface area contributed by atoms with E-state index >= 15 is 0 Å². The number of hydrogen-bond donors (Lipinski definition) is 1. The molecule has 11 heavy (non-hydrogen) atoms. The largest absolute Gasteiger partial charge is 0.377 e. The van der Waals surface area contributed by atoms with Crippen LogP contribution in [0, 0.1) is 11.8 Å². The molecule has 2 heterocycles. The highest BCUT2D eigenvalue weighted by Crippen LogP contribution is 2.27. The van der Waals surface area contributed by atoms with Crippen LogP contribution in [-0.4, -0.2) is 31.1 Å². The SMILES string of the molecule is C=CN1CC2CCNCC2C1. The van der Waals surface area contributed by atoms with Crippen molar-refractivity contribution in [2.75, 3.05) is 26.2 Å². The fourth-order valence-corrected chi connectivity index (χ4v) is 2.26. The van der Waals surface area contributed by atoms with Crippen LogP contribution in [0.3, 0.4) is 0 Å². The minimum absolute atomic E-state index is 0.891. The summed E-state index contributed by atoms with van der Waals surface area (Å²) in [6, 6.07) is 0. The molecular formula is C9H16N2. The Morgan fingerprint density at radius 3 is 2.91 bits per heavy atom. The van der Waals surface area contributed by atoms with Gasteiger partial charge >= 0.3 is 0 Å². The first kappa shape index (κ1) is 7.17. The minimum atomic E-state index is 0.891. The van der Waals surface area contributed by atoms with Gasteiger partial charge in [0.15, 0.2) is 0 Å². The fourth-order valence-electron chi connectivity index (χ4n) is 2.26. The average Bonchev–Trinajstić information content (AvgIpc) is 2.46. The Labute approximate surface area is 68.3 Å². The lowest BCUT2D eigenvalue weighted by molar-refractivity contribution is 0.318. The molecule has 0 radical (unpaired) electrons. The Hall–Kier alpha value is -0.500. The van der Waals surface area contributed by atoms with E-state index < -0.39 is 0 Å². The predicted molar refractivity (Wildman–Crippen MR) is 46.2 cm³/mol. The van der Waals surface area contributed by atoms with Gasteiger partial charge in [0.1, 0.15) is 0 Å². The standard InChI is InChI=1S/C9H16N2/c1-2-11-6-8-3-4-10-5-9(8)7-11/h2,8-10H,1,3-7H2. The maximum Gasteiger partial charge on any atom is 0.0216 e. The molecule has 0 saturated carbocycles. The highest BCUT2D eigenvalue weighted by molar-refractivity contribution is 4.91. The molecule has 2 aliphatic heterocycles. The van der Waals surface area contributed by atoms with Crippen molar-refractivity contribution in [3.05, 3.63) is 12.8 Å². The quantitative estimate of drug-likeness (QED) is 0.594. The fraction of sp³-hybridized carbons (Fsp3) is 0.778. The maximum atomic E-state index is 3.81. The number of fused-ring (bicyclic) bond motifs is 1. The number of likely N-dealkylation sites (tertiary alicyclic amines) is 1. The molecule has 0 aromatic heterocycles. The molecule has 2 rings (SSSR count). The van der Waals surface area contributed by atoms with E-state index in [9.17, 15) is 0 Å². The van der Waals surface area contributed by atoms with Gasteiger partial charge in [0, 0.05) is 13.1 Å². The van der Waals surface area contributed by atoms with E-state index in [0.29, 0.717) is 0 Å². The summed E-state index contributed by atoms with van der Waals surface area (Å²) in [5.41, 5.74) is 0. The Morgan fingerprint density at radius 2 is 2.18 bits per heavy atom. The van der Waals surface area contributed by atoms with Crippen LogP contribution in [0.4, 0.5) is 0 Å². The highest BCUT2D eigenvalue weighted by Gasteiger charge is 2.32. The van der Waals surface area contributed by atoms with Crippen molar-refractivity contribution in [1.29, 1.82) is 0 Å². The smallest absolute Gasteiger partial charge is 0.0216 e. The molecule has 0 spiro atoms. The van der Waals surface area contributed by atoms with Crippen LogP contribution in [0.2, 0.25) is 0 Å². The zero-order chi connectivity index (χ0) is 7.68. The van der Waals surface area contributed by atoms with Crippen LogP contribution in [0.15, 0.2) is 12.8 Å². The molecule has 2 aliphatic rings. The Balaban J connectivity index is 1.97. The van der Waals surface area contributed by atoms with Gasteiger partial charge in [0.25, 0.3) is 0 Å². The van der Waals surface area contributed by atoms with Crippen LogP contribution < -0.4 is 5.32 Å². The molecule has 62 valence electrons. The van der Waals surface area contributed by atoms with E-state index in [1.807, 2.05) is 6.20 Å². The summed E-state index contributed by atoms with van der Waals surface area (Å²) in [5.74, 6) is 1.83. The molecule has 2 heteroatoms. The first-order valence-electron chi connectivity index (χ1n) is 4.47. The zero-order valence-corrected chi connectivity index (χ0v) is 6.92. The first-order chi connectivity index (χ1) is 5.40. The number of rotatable bonds is 1. The maximum absolute atomic E-state index is 3.81. The molecule has 2 saturated heterocycles. The van der Waals surface area contributed by atoms with Crippen molar-refractivity contribution in [3.8, 4) is 0 Å². The van der Waals surface area contributed by atoms with Gasteiger partial charge in [0.05, 0.1) is 0 Å². The topological polar surface area (TPSA) is 15.3 Å². The second kappa shape index (κ2) is 2.86. The van der Waals surface area contributed by atoms with Gasteiger partial charge in [-0.05, 0) is 37.5 Å². The van der Waals surface area contributed by atoms with Crippen LogP contribution in [0.1, 0.15) is 6.42 Å². The van der Waals surface area contributed by atoms with Crippen LogP contribution in [-0.2, 0) is 0 Å². The molecule has 2 fully saturated rings. The normalized spacial score (nSPS) is 36.9. The minimum Gasteiger partial charge on any atom is -0.377 e. The molecule has 0 amide bonds. The van der Waals surface area contributed by atoms with E-state index in [1.165, 1.54) is 32.6 Å². The third-order valence-corrected chi connectivity index (χ3v) is 2.96. The summed E-state index contributed by atoms with van der Waals surface area (Å²) in [6.07, 6.45) is 3.34. The van der Waals surface area contributed by atoms with Gasteiger partial charge in [0.2, 0.25) is 0 Å². The van der Waals surface area contributed by atoms with Gasteiger partial charge in [-0.2, -0.15) is 0 Å². The lowest BCUT2D eigenvalue weighted by atomic mass is 9.90. The van der Waals surface area contributed by atoms with Gasteiger partial charge in [-0.25, -0.2) is 0 Å². The predicted octanol–water partition coefficient (Wildman–Crippen LogP) is 0.671. The van der Waals surface area contributed by atoms with E-state index in [-0.39, 0.29) is 0 Å². The van der Waals surface area contributed by atoms with Crippen molar-refractivity contribution in [3.63, 3.8) is 0 Å². The number of piperidine rings is 1. The second-order valence-corrected chi connectivity index (χ2v) is 3.65. The average molecular weight is 152 g/mol. The van der Waals surface area contributed by atoms with Crippen molar-refractivity contribution >= 4 is 0 Å². The molecular weight excluding hydrogens is 136 g/mol. The molecule has 0 bridgehead atoms. The van der Waals surface area contributed by atoms with Gasteiger partial charge in [-0.3, -0.25) is 0 Å². The molecule has 1 N–H and O–H groups in total. The summed E-state index contributed by atoms with van der Waals surface area (Å²) in [6.45, 7) is 8.71. The molecule has 2 unspecified atom stereocenters. The Bertz CT molecular complexity index is 142. The van der Waals surface area contributed by atoms with Gasteiger partial charge in [-0.1, -0.05) is 6.58 Å². The summed E-state index contributed by atoms with van der Waals surface area (Å²) in [4.78, 5) is 2.35. The third kappa shape index (κ3) is 1.27. The van der Waals surface area contributed by atoms with Crippen molar-refractivity contribution in [2.45, 2.75) is 6.42 Å². The lowest BCUT2D eigenvalue weighted by Gasteiger charge is -2.23.